The molecule has 0 heterocycles. The van der Waals surface area contributed by atoms with Gasteiger partial charge in [-0.15, -0.1) is 0 Å². The maximum absolute atomic E-state index is 10.3. The number of hydrogen-bond donors (Lipinski definition) is 2. The molecule has 3 unspecified atom stereocenters. The van der Waals surface area contributed by atoms with Gasteiger partial charge in [0, 0.05) is 27.4 Å². The van der Waals surface area contributed by atoms with Crippen LogP contribution in [0.2, 0.25) is 0 Å². The van der Waals surface area contributed by atoms with E-state index in [0.717, 1.165) is 11.1 Å². The molecular formula is C34H58O6P2. The van der Waals surface area contributed by atoms with Crippen LogP contribution in [-0.4, -0.2) is 43.6 Å². The highest BCUT2D eigenvalue weighted by molar-refractivity contribution is 7.41. The second kappa shape index (κ2) is 16.2. The zero-order valence-electron chi connectivity index (χ0n) is 28.6. The summed E-state index contributed by atoms with van der Waals surface area (Å²) in [4.78, 5) is 10.3. The van der Waals surface area contributed by atoms with Crippen LogP contribution in [0, 0.1) is 5.92 Å². The van der Waals surface area contributed by atoms with Crippen molar-refractivity contribution in [3.05, 3.63) is 58.7 Å². The minimum Gasteiger partial charge on any atom is -0.508 e. The number of aromatic hydroxyl groups is 1. The lowest BCUT2D eigenvalue weighted by Gasteiger charge is -2.27. The Morgan fingerprint density at radius 3 is 1.67 bits per heavy atom. The Kier molecular flexibility index (Phi) is 14.9. The Balaban J connectivity index is 0.000000495. The summed E-state index contributed by atoms with van der Waals surface area (Å²) in [5.41, 5.74) is 4.65. The molecule has 0 fully saturated rings. The second-order valence-electron chi connectivity index (χ2n) is 14.9. The third kappa shape index (κ3) is 13.2. The molecule has 0 saturated heterocycles. The minimum atomic E-state index is -2.03. The lowest BCUT2D eigenvalue weighted by atomic mass is 9.80. The molecule has 2 N–H and O–H groups in total. The second-order valence-corrected chi connectivity index (χ2v) is 16.5. The van der Waals surface area contributed by atoms with E-state index in [4.69, 9.17) is 18.3 Å². The maximum Gasteiger partial charge on any atom is 0.394 e. The molecule has 3 atom stereocenters. The summed E-state index contributed by atoms with van der Waals surface area (Å²) in [5.74, 6) is 1.13. The number of phenolic OH excluding ortho intramolecular Hbond substituents is 1. The quantitative estimate of drug-likeness (QED) is 0.257. The SMILES string of the molecule is CC(C)(C)c1ccc(O)c(C(C)(C)C)c1.COCC(COPC)COP(O)Oc1ccc(C(C)(C)C)cc1C(C)(C)C. The zero-order chi connectivity index (χ0) is 32.5. The summed E-state index contributed by atoms with van der Waals surface area (Å²) >= 11 is 0. The molecule has 240 valence electrons. The van der Waals surface area contributed by atoms with Crippen molar-refractivity contribution >= 4 is 17.4 Å². The molecule has 2 aromatic carbocycles. The molecular weight excluding hydrogens is 566 g/mol. The van der Waals surface area contributed by atoms with E-state index < -0.39 is 8.60 Å². The van der Waals surface area contributed by atoms with Crippen LogP contribution in [0.15, 0.2) is 36.4 Å². The average Bonchev–Trinajstić information content (AvgIpc) is 2.84. The fraction of sp³-hybridized carbons (Fsp3) is 0.647. The number of phenols is 1. The standard InChI is InChI=1S/C20H36O5P2.C14H22O/c1-19(2,3)16-9-10-18(17(11-16)20(4,5)6)25-27(21)24-14-15(12-22-7)13-23-26-8;1-13(2,3)10-7-8-12(15)11(9-10)14(4,5)6/h9-11,15,21,26H,12-14H2,1-8H3;7-9,15H,1-6H3. The molecule has 0 aromatic heterocycles. The molecule has 2 aromatic rings. The minimum absolute atomic E-state index is 0.00859. The van der Waals surface area contributed by atoms with Crippen molar-refractivity contribution in [3.8, 4) is 11.5 Å². The molecule has 0 saturated carbocycles. The van der Waals surface area contributed by atoms with E-state index in [-0.39, 0.29) is 27.6 Å². The van der Waals surface area contributed by atoms with E-state index in [1.807, 2.05) is 18.8 Å². The van der Waals surface area contributed by atoms with Crippen molar-refractivity contribution in [3.63, 3.8) is 0 Å². The lowest BCUT2D eigenvalue weighted by Crippen LogP contribution is -2.19. The first-order chi connectivity index (χ1) is 19.1. The summed E-state index contributed by atoms with van der Waals surface area (Å²) in [6.45, 7) is 29.2. The Bertz CT molecular complexity index is 1090. The van der Waals surface area contributed by atoms with Crippen LogP contribution < -0.4 is 4.52 Å². The van der Waals surface area contributed by atoms with Crippen LogP contribution in [0.1, 0.15) is 105 Å². The molecule has 0 radical (unpaired) electrons. The van der Waals surface area contributed by atoms with Gasteiger partial charge in [-0.2, -0.15) is 0 Å². The predicted molar refractivity (Wildman–Crippen MR) is 181 cm³/mol. The van der Waals surface area contributed by atoms with Crippen molar-refractivity contribution < 1.29 is 28.3 Å². The van der Waals surface area contributed by atoms with Gasteiger partial charge in [-0.05, 0) is 57.1 Å². The number of hydrogen-bond acceptors (Lipinski definition) is 6. The maximum atomic E-state index is 10.3. The summed E-state index contributed by atoms with van der Waals surface area (Å²) in [6, 6.07) is 12.1. The fourth-order valence-corrected chi connectivity index (χ4v) is 5.25. The highest BCUT2D eigenvalue weighted by atomic mass is 31.2. The zero-order valence-corrected chi connectivity index (χ0v) is 30.5. The first kappa shape index (κ1) is 38.8. The van der Waals surface area contributed by atoms with E-state index in [1.165, 1.54) is 11.1 Å². The van der Waals surface area contributed by atoms with Crippen LogP contribution >= 0.6 is 17.4 Å². The Morgan fingerprint density at radius 2 is 1.21 bits per heavy atom. The van der Waals surface area contributed by atoms with Gasteiger partial charge >= 0.3 is 8.60 Å². The van der Waals surface area contributed by atoms with Crippen LogP contribution in [0.5, 0.6) is 11.5 Å². The molecule has 0 aliphatic carbocycles. The van der Waals surface area contributed by atoms with Gasteiger partial charge in [-0.25, -0.2) is 0 Å². The monoisotopic (exact) mass is 624 g/mol. The third-order valence-electron chi connectivity index (χ3n) is 6.79. The van der Waals surface area contributed by atoms with Crippen LogP contribution in [0.4, 0.5) is 0 Å². The van der Waals surface area contributed by atoms with Gasteiger partial charge in [0.05, 0.1) is 19.8 Å². The summed E-state index contributed by atoms with van der Waals surface area (Å²) in [7, 11) is 0.0374. The van der Waals surface area contributed by atoms with E-state index in [0.29, 0.717) is 40.1 Å². The summed E-state index contributed by atoms with van der Waals surface area (Å²) in [6.07, 6.45) is 0. The molecule has 2 rings (SSSR count). The van der Waals surface area contributed by atoms with Crippen molar-refractivity contribution in [2.45, 2.75) is 105 Å². The van der Waals surface area contributed by atoms with E-state index in [2.05, 4.69) is 101 Å². The fourth-order valence-electron chi connectivity index (χ4n) is 4.13. The molecule has 6 nitrogen and oxygen atoms in total. The highest BCUT2D eigenvalue weighted by Gasteiger charge is 2.25. The Morgan fingerprint density at radius 1 is 0.714 bits per heavy atom. The Labute approximate surface area is 259 Å². The van der Waals surface area contributed by atoms with Crippen LogP contribution in [0.25, 0.3) is 0 Å². The smallest absolute Gasteiger partial charge is 0.394 e. The van der Waals surface area contributed by atoms with E-state index in [9.17, 15) is 10.00 Å². The van der Waals surface area contributed by atoms with Crippen LogP contribution in [0.3, 0.4) is 0 Å². The van der Waals surface area contributed by atoms with E-state index in [1.54, 1.807) is 13.2 Å². The number of ether oxygens (including phenoxy) is 1. The van der Waals surface area contributed by atoms with Gasteiger partial charge in [0.15, 0.2) is 0 Å². The largest absolute Gasteiger partial charge is 0.508 e. The number of methoxy groups -OCH3 is 1. The van der Waals surface area contributed by atoms with Crippen molar-refractivity contribution in [2.75, 3.05) is 33.6 Å². The van der Waals surface area contributed by atoms with Gasteiger partial charge in [0.25, 0.3) is 0 Å². The molecule has 0 aliphatic heterocycles. The first-order valence-electron chi connectivity index (χ1n) is 14.7. The molecule has 0 aliphatic rings. The van der Waals surface area contributed by atoms with Crippen molar-refractivity contribution in [2.24, 2.45) is 5.92 Å². The highest BCUT2D eigenvalue weighted by Crippen LogP contribution is 2.42. The number of rotatable bonds is 10. The molecule has 0 spiro atoms. The topological polar surface area (TPSA) is 77.4 Å². The predicted octanol–water partition coefficient (Wildman–Crippen LogP) is 9.39. The average molecular weight is 625 g/mol. The Hall–Kier alpha value is -1.26. The molecule has 8 heteroatoms. The normalized spacial score (nSPS) is 14.5. The van der Waals surface area contributed by atoms with Crippen LogP contribution in [-0.2, 0) is 35.4 Å². The van der Waals surface area contributed by atoms with Crippen molar-refractivity contribution in [1.29, 1.82) is 0 Å². The van der Waals surface area contributed by atoms with Crippen molar-refractivity contribution in [1.82, 2.24) is 0 Å². The number of benzene rings is 2. The van der Waals surface area contributed by atoms with Gasteiger partial charge in [-0.1, -0.05) is 107 Å². The van der Waals surface area contributed by atoms with Gasteiger partial charge < -0.3 is 28.3 Å². The van der Waals surface area contributed by atoms with Gasteiger partial charge in [0.1, 0.15) is 11.5 Å². The van der Waals surface area contributed by atoms with Gasteiger partial charge in [0.2, 0.25) is 0 Å². The summed E-state index contributed by atoms with van der Waals surface area (Å²) < 4.78 is 22.0. The van der Waals surface area contributed by atoms with Gasteiger partial charge in [-0.3, -0.25) is 0 Å². The molecule has 0 bridgehead atoms. The summed E-state index contributed by atoms with van der Waals surface area (Å²) in [5, 5.41) is 9.84. The third-order valence-corrected chi connectivity index (χ3v) is 7.97. The molecule has 42 heavy (non-hydrogen) atoms. The lowest BCUT2D eigenvalue weighted by molar-refractivity contribution is 0.0863. The van der Waals surface area contributed by atoms with E-state index >= 15 is 0 Å². The molecule has 0 amide bonds. The first-order valence-corrected chi connectivity index (χ1v) is 17.2.